The molecular weight excluding hydrogens is 400 g/mol. The van der Waals surface area contributed by atoms with Crippen molar-refractivity contribution in [1.82, 2.24) is 4.90 Å². The summed E-state index contributed by atoms with van der Waals surface area (Å²) in [5.41, 5.74) is 1.67. The summed E-state index contributed by atoms with van der Waals surface area (Å²) in [5, 5.41) is 2.58. The van der Waals surface area contributed by atoms with Crippen LogP contribution in [0.1, 0.15) is 36.2 Å². The fourth-order valence-corrected chi connectivity index (χ4v) is 5.25. The van der Waals surface area contributed by atoms with Gasteiger partial charge in [0.25, 0.3) is 5.91 Å². The number of hydrogen-bond acceptors (Lipinski definition) is 4. The molecule has 2 amide bonds. The number of sulfone groups is 1. The highest BCUT2D eigenvalue weighted by Gasteiger charge is 2.26. The first kappa shape index (κ1) is 22.0. The summed E-state index contributed by atoms with van der Waals surface area (Å²) in [6, 6.07) is 15.4. The number of hydrogen-bond donors (Lipinski definition) is 1. The van der Waals surface area contributed by atoms with Crippen molar-refractivity contribution in [3.05, 3.63) is 65.7 Å². The molecule has 30 heavy (non-hydrogen) atoms. The Morgan fingerprint density at radius 2 is 1.57 bits per heavy atom. The molecule has 7 heteroatoms. The van der Waals surface area contributed by atoms with E-state index < -0.39 is 21.5 Å². The van der Waals surface area contributed by atoms with Crippen molar-refractivity contribution in [2.75, 3.05) is 24.2 Å². The lowest BCUT2D eigenvalue weighted by Gasteiger charge is -2.35. The molecule has 2 atom stereocenters. The topological polar surface area (TPSA) is 83.6 Å². The summed E-state index contributed by atoms with van der Waals surface area (Å²) in [6.07, 6.45) is 1.12. The first-order valence-corrected chi connectivity index (χ1v) is 12.0. The largest absolute Gasteiger partial charge is 0.338 e. The molecule has 2 aromatic rings. The molecule has 1 fully saturated rings. The Bertz CT molecular complexity index is 978. The minimum Gasteiger partial charge on any atom is -0.338 e. The number of nitrogens with one attached hydrogen (secondary N) is 1. The van der Waals surface area contributed by atoms with Gasteiger partial charge >= 0.3 is 0 Å². The first-order valence-electron chi connectivity index (χ1n) is 10.2. The number of nitrogens with zero attached hydrogens (tertiary/aromatic N) is 1. The molecule has 1 aliphatic rings. The van der Waals surface area contributed by atoms with E-state index in [2.05, 4.69) is 19.2 Å². The summed E-state index contributed by atoms with van der Waals surface area (Å²) >= 11 is 0. The van der Waals surface area contributed by atoms with Crippen LogP contribution in [-0.4, -0.2) is 44.0 Å². The standard InChI is InChI=1S/C23H28N2O4S/c1-17-12-18(2)14-25(13-17)23(27)20-10-8-19(9-11-20)15-30(28,29)16-22(26)24-21-6-4-3-5-7-21/h3-11,17-18H,12-16H2,1-2H3,(H,24,26). The molecule has 0 spiro atoms. The Labute approximate surface area is 178 Å². The van der Waals surface area contributed by atoms with Crippen LogP contribution < -0.4 is 5.32 Å². The van der Waals surface area contributed by atoms with E-state index in [9.17, 15) is 18.0 Å². The van der Waals surface area contributed by atoms with Crippen molar-refractivity contribution in [2.45, 2.75) is 26.0 Å². The zero-order valence-corrected chi connectivity index (χ0v) is 18.2. The van der Waals surface area contributed by atoms with Gasteiger partial charge in [0.05, 0.1) is 5.75 Å². The van der Waals surface area contributed by atoms with E-state index in [0.717, 1.165) is 19.5 Å². The predicted octanol–water partition coefficient (Wildman–Crippen LogP) is 3.36. The lowest BCUT2D eigenvalue weighted by molar-refractivity contribution is -0.113. The maximum atomic E-state index is 12.8. The zero-order chi connectivity index (χ0) is 21.7. The normalized spacial score (nSPS) is 19.3. The number of carbonyl (C=O) groups excluding carboxylic acids is 2. The van der Waals surface area contributed by atoms with Gasteiger partial charge in [0, 0.05) is 24.3 Å². The molecule has 1 aliphatic heterocycles. The molecule has 0 saturated carbocycles. The van der Waals surface area contributed by atoms with Crippen LogP contribution in [0.2, 0.25) is 0 Å². The molecule has 1 N–H and O–H groups in total. The molecular formula is C23H28N2O4S. The number of likely N-dealkylation sites (tertiary alicyclic amines) is 1. The molecule has 0 aromatic heterocycles. The summed E-state index contributed by atoms with van der Waals surface area (Å²) < 4.78 is 24.8. The van der Waals surface area contributed by atoms with Gasteiger partial charge in [0.15, 0.2) is 9.84 Å². The number of amides is 2. The molecule has 2 unspecified atom stereocenters. The van der Waals surface area contributed by atoms with Gasteiger partial charge in [-0.25, -0.2) is 8.42 Å². The van der Waals surface area contributed by atoms with Crippen LogP contribution in [0.5, 0.6) is 0 Å². The minimum absolute atomic E-state index is 0.0231. The van der Waals surface area contributed by atoms with Crippen molar-refractivity contribution >= 4 is 27.3 Å². The van der Waals surface area contributed by atoms with E-state index in [1.807, 2.05) is 11.0 Å². The molecule has 3 rings (SSSR count). The quantitative estimate of drug-likeness (QED) is 0.765. The van der Waals surface area contributed by atoms with E-state index in [1.165, 1.54) is 0 Å². The van der Waals surface area contributed by atoms with Gasteiger partial charge < -0.3 is 10.2 Å². The minimum atomic E-state index is -3.63. The molecule has 0 radical (unpaired) electrons. The second-order valence-electron chi connectivity index (χ2n) is 8.30. The van der Waals surface area contributed by atoms with Crippen LogP contribution in [0.3, 0.4) is 0 Å². The molecule has 6 nitrogen and oxygen atoms in total. The Kier molecular flexibility index (Phi) is 6.92. The average Bonchev–Trinajstić information content (AvgIpc) is 2.67. The lowest BCUT2D eigenvalue weighted by atomic mass is 9.91. The second kappa shape index (κ2) is 9.43. The predicted molar refractivity (Wildman–Crippen MR) is 118 cm³/mol. The van der Waals surface area contributed by atoms with Gasteiger partial charge in [-0.15, -0.1) is 0 Å². The Morgan fingerprint density at radius 3 is 2.17 bits per heavy atom. The maximum absolute atomic E-state index is 12.8. The highest BCUT2D eigenvalue weighted by molar-refractivity contribution is 7.91. The van der Waals surface area contributed by atoms with Crippen molar-refractivity contribution in [3.63, 3.8) is 0 Å². The number of piperidine rings is 1. The maximum Gasteiger partial charge on any atom is 0.253 e. The van der Waals surface area contributed by atoms with Gasteiger partial charge in [0.1, 0.15) is 5.75 Å². The second-order valence-corrected chi connectivity index (χ2v) is 10.4. The third-order valence-corrected chi connectivity index (χ3v) is 6.63. The third-order valence-electron chi connectivity index (χ3n) is 5.15. The number of benzene rings is 2. The average molecular weight is 429 g/mol. The zero-order valence-electron chi connectivity index (χ0n) is 17.4. The molecule has 160 valence electrons. The number of rotatable bonds is 6. The highest BCUT2D eigenvalue weighted by Crippen LogP contribution is 2.22. The lowest BCUT2D eigenvalue weighted by Crippen LogP contribution is -2.42. The Balaban J connectivity index is 1.59. The van der Waals surface area contributed by atoms with Crippen molar-refractivity contribution in [3.8, 4) is 0 Å². The van der Waals surface area contributed by atoms with Gasteiger partial charge in [0.2, 0.25) is 5.91 Å². The van der Waals surface area contributed by atoms with E-state index in [0.29, 0.717) is 28.7 Å². The highest BCUT2D eigenvalue weighted by atomic mass is 32.2. The Morgan fingerprint density at radius 1 is 0.967 bits per heavy atom. The van der Waals surface area contributed by atoms with Crippen LogP contribution in [0.15, 0.2) is 54.6 Å². The van der Waals surface area contributed by atoms with E-state index >= 15 is 0 Å². The Hall–Kier alpha value is -2.67. The third kappa shape index (κ3) is 6.16. The van der Waals surface area contributed by atoms with Crippen LogP contribution in [0.25, 0.3) is 0 Å². The van der Waals surface area contributed by atoms with Crippen molar-refractivity contribution in [2.24, 2.45) is 11.8 Å². The summed E-state index contributed by atoms with van der Waals surface area (Å²) in [6.45, 7) is 5.79. The number of para-hydroxylation sites is 1. The van der Waals surface area contributed by atoms with Crippen LogP contribution >= 0.6 is 0 Å². The van der Waals surface area contributed by atoms with Crippen LogP contribution in [0, 0.1) is 11.8 Å². The van der Waals surface area contributed by atoms with Gasteiger partial charge in [-0.2, -0.15) is 0 Å². The van der Waals surface area contributed by atoms with E-state index in [-0.39, 0.29) is 11.7 Å². The van der Waals surface area contributed by atoms with Gasteiger partial charge in [-0.1, -0.05) is 44.2 Å². The fourth-order valence-electron chi connectivity index (χ4n) is 3.98. The summed E-state index contributed by atoms with van der Waals surface area (Å²) in [7, 11) is -3.63. The molecule has 1 saturated heterocycles. The molecule has 0 aliphatic carbocycles. The van der Waals surface area contributed by atoms with Gasteiger partial charge in [-0.05, 0) is 48.1 Å². The van der Waals surface area contributed by atoms with E-state index in [4.69, 9.17) is 0 Å². The van der Waals surface area contributed by atoms with Crippen molar-refractivity contribution in [1.29, 1.82) is 0 Å². The molecule has 0 bridgehead atoms. The number of carbonyl (C=O) groups is 2. The first-order chi connectivity index (χ1) is 14.2. The van der Waals surface area contributed by atoms with Gasteiger partial charge in [-0.3, -0.25) is 9.59 Å². The SMILES string of the molecule is CC1CC(C)CN(C(=O)c2ccc(CS(=O)(=O)CC(=O)Nc3ccccc3)cc2)C1. The fraction of sp³-hybridized carbons (Fsp3) is 0.391. The molecule has 1 heterocycles. The monoisotopic (exact) mass is 428 g/mol. The summed E-state index contributed by atoms with van der Waals surface area (Å²) in [5.74, 6) is -0.479. The van der Waals surface area contributed by atoms with Crippen LogP contribution in [-0.2, 0) is 20.4 Å². The smallest absolute Gasteiger partial charge is 0.253 e. The van der Waals surface area contributed by atoms with Crippen LogP contribution in [0.4, 0.5) is 5.69 Å². The number of anilines is 1. The molecule has 2 aromatic carbocycles. The summed E-state index contributed by atoms with van der Waals surface area (Å²) in [4.78, 5) is 26.7. The van der Waals surface area contributed by atoms with Crippen molar-refractivity contribution < 1.29 is 18.0 Å². The van der Waals surface area contributed by atoms with E-state index in [1.54, 1.807) is 48.5 Å².